The molecule has 1 aliphatic rings. The first-order chi connectivity index (χ1) is 7.96. The van der Waals surface area contributed by atoms with Gasteiger partial charge in [0.1, 0.15) is 5.82 Å². The van der Waals surface area contributed by atoms with Crippen molar-refractivity contribution < 1.29 is 13.5 Å². The minimum absolute atomic E-state index is 0.0675. The zero-order valence-electron chi connectivity index (χ0n) is 10.00. The van der Waals surface area contributed by atoms with E-state index < -0.39 is 10.0 Å². The SMILES string of the molecule is Cc1nc(S(=O)(=O)N2CCCC2CO)cn1C. The molecule has 0 aliphatic carbocycles. The molecular formula is C10H17N3O3S. The zero-order valence-corrected chi connectivity index (χ0v) is 10.8. The van der Waals surface area contributed by atoms with Gasteiger partial charge < -0.3 is 9.67 Å². The van der Waals surface area contributed by atoms with Gasteiger partial charge in [-0.1, -0.05) is 0 Å². The van der Waals surface area contributed by atoms with Crippen molar-refractivity contribution in [1.29, 1.82) is 0 Å². The topological polar surface area (TPSA) is 75.4 Å². The third kappa shape index (κ3) is 2.10. The van der Waals surface area contributed by atoms with E-state index in [2.05, 4.69) is 4.98 Å². The zero-order chi connectivity index (χ0) is 12.6. The minimum Gasteiger partial charge on any atom is -0.395 e. The number of rotatable bonds is 3. The lowest BCUT2D eigenvalue weighted by Gasteiger charge is -2.20. The monoisotopic (exact) mass is 259 g/mol. The predicted octanol–water partition coefficient (Wildman–Crippen LogP) is -0.126. The Morgan fingerprint density at radius 3 is 2.82 bits per heavy atom. The van der Waals surface area contributed by atoms with E-state index in [0.29, 0.717) is 18.8 Å². The molecule has 1 aromatic rings. The fraction of sp³-hybridized carbons (Fsp3) is 0.700. The van der Waals surface area contributed by atoms with E-state index in [0.717, 1.165) is 6.42 Å². The Labute approximate surface area is 101 Å². The number of aryl methyl sites for hydroxylation is 2. The van der Waals surface area contributed by atoms with Crippen LogP contribution in [-0.4, -0.2) is 46.6 Å². The van der Waals surface area contributed by atoms with Crippen LogP contribution in [-0.2, 0) is 17.1 Å². The standard InChI is InChI=1S/C10H17N3O3S/c1-8-11-10(6-12(8)2)17(15,16)13-5-3-4-9(13)7-14/h6,9,14H,3-5,7H2,1-2H3. The van der Waals surface area contributed by atoms with Crippen LogP contribution in [0.25, 0.3) is 0 Å². The normalized spacial score (nSPS) is 22.2. The maximum atomic E-state index is 12.3. The molecule has 7 heteroatoms. The number of aliphatic hydroxyl groups is 1. The van der Waals surface area contributed by atoms with Crippen molar-refractivity contribution in [2.75, 3.05) is 13.2 Å². The first-order valence-electron chi connectivity index (χ1n) is 5.59. The Morgan fingerprint density at radius 2 is 2.29 bits per heavy atom. The van der Waals surface area contributed by atoms with Gasteiger partial charge in [0.25, 0.3) is 10.0 Å². The smallest absolute Gasteiger partial charge is 0.262 e. The summed E-state index contributed by atoms with van der Waals surface area (Å²) in [6, 6.07) is -0.303. The van der Waals surface area contributed by atoms with Crippen LogP contribution in [0, 0.1) is 6.92 Å². The lowest BCUT2D eigenvalue weighted by molar-refractivity contribution is 0.213. The third-order valence-electron chi connectivity index (χ3n) is 3.19. The molecule has 96 valence electrons. The van der Waals surface area contributed by atoms with Crippen LogP contribution in [0.15, 0.2) is 11.2 Å². The molecule has 6 nitrogen and oxygen atoms in total. The summed E-state index contributed by atoms with van der Waals surface area (Å²) >= 11 is 0. The van der Waals surface area contributed by atoms with E-state index in [1.807, 2.05) is 0 Å². The first kappa shape index (κ1) is 12.5. The highest BCUT2D eigenvalue weighted by Gasteiger charge is 2.36. The lowest BCUT2D eigenvalue weighted by atomic mass is 10.2. The minimum atomic E-state index is -3.56. The van der Waals surface area contributed by atoms with Gasteiger partial charge in [-0.15, -0.1) is 0 Å². The molecule has 1 saturated heterocycles. The van der Waals surface area contributed by atoms with Crippen molar-refractivity contribution in [2.45, 2.75) is 30.8 Å². The number of aromatic nitrogens is 2. The molecule has 1 fully saturated rings. The average Bonchev–Trinajstić information content (AvgIpc) is 2.86. The summed E-state index contributed by atoms with van der Waals surface area (Å²) in [7, 11) is -1.80. The molecule has 2 heterocycles. The van der Waals surface area contributed by atoms with E-state index in [1.165, 1.54) is 10.5 Å². The van der Waals surface area contributed by atoms with E-state index in [-0.39, 0.29) is 17.7 Å². The molecule has 2 rings (SSSR count). The largest absolute Gasteiger partial charge is 0.395 e. The maximum Gasteiger partial charge on any atom is 0.262 e. The van der Waals surface area contributed by atoms with E-state index in [9.17, 15) is 13.5 Å². The average molecular weight is 259 g/mol. The molecule has 0 radical (unpaired) electrons. The molecule has 1 unspecified atom stereocenters. The second-order valence-electron chi connectivity index (χ2n) is 4.33. The van der Waals surface area contributed by atoms with Crippen molar-refractivity contribution in [1.82, 2.24) is 13.9 Å². The van der Waals surface area contributed by atoms with Crippen molar-refractivity contribution >= 4 is 10.0 Å². The number of hydrogen-bond donors (Lipinski definition) is 1. The molecule has 17 heavy (non-hydrogen) atoms. The van der Waals surface area contributed by atoms with Gasteiger partial charge >= 0.3 is 0 Å². The van der Waals surface area contributed by atoms with Crippen LogP contribution in [0.2, 0.25) is 0 Å². The second-order valence-corrected chi connectivity index (χ2v) is 6.17. The van der Waals surface area contributed by atoms with Crippen LogP contribution in [0.1, 0.15) is 18.7 Å². The Hall–Kier alpha value is -0.920. The highest BCUT2D eigenvalue weighted by molar-refractivity contribution is 7.89. The van der Waals surface area contributed by atoms with Crippen LogP contribution >= 0.6 is 0 Å². The van der Waals surface area contributed by atoms with Crippen LogP contribution in [0.4, 0.5) is 0 Å². The van der Waals surface area contributed by atoms with Crippen LogP contribution in [0.3, 0.4) is 0 Å². The molecule has 1 aromatic heterocycles. The number of imidazole rings is 1. The van der Waals surface area contributed by atoms with Gasteiger partial charge in [0, 0.05) is 25.8 Å². The summed E-state index contributed by atoms with van der Waals surface area (Å²) in [4.78, 5) is 4.05. The van der Waals surface area contributed by atoms with Gasteiger partial charge in [-0.3, -0.25) is 0 Å². The summed E-state index contributed by atoms with van der Waals surface area (Å²) in [5.74, 6) is 0.656. The molecule has 1 N–H and O–H groups in total. The highest BCUT2D eigenvalue weighted by atomic mass is 32.2. The second kappa shape index (κ2) is 4.40. The molecule has 1 aliphatic heterocycles. The summed E-state index contributed by atoms with van der Waals surface area (Å²) in [5, 5.41) is 9.24. The number of hydrogen-bond acceptors (Lipinski definition) is 4. The molecule has 0 aromatic carbocycles. The quantitative estimate of drug-likeness (QED) is 0.820. The Balaban J connectivity index is 2.36. The van der Waals surface area contributed by atoms with Crippen molar-refractivity contribution in [3.05, 3.63) is 12.0 Å². The summed E-state index contributed by atoms with van der Waals surface area (Å²) in [6.45, 7) is 2.08. The Kier molecular flexibility index (Phi) is 3.24. The fourth-order valence-corrected chi connectivity index (χ4v) is 3.79. The van der Waals surface area contributed by atoms with E-state index in [1.54, 1.807) is 18.5 Å². The van der Waals surface area contributed by atoms with Gasteiger partial charge in [-0.05, 0) is 19.8 Å². The highest BCUT2D eigenvalue weighted by Crippen LogP contribution is 2.25. The molecule has 0 bridgehead atoms. The van der Waals surface area contributed by atoms with E-state index >= 15 is 0 Å². The molecule has 0 amide bonds. The van der Waals surface area contributed by atoms with Crippen LogP contribution < -0.4 is 0 Å². The van der Waals surface area contributed by atoms with Crippen molar-refractivity contribution in [3.8, 4) is 0 Å². The Morgan fingerprint density at radius 1 is 1.59 bits per heavy atom. The van der Waals surface area contributed by atoms with Gasteiger partial charge in [0.2, 0.25) is 0 Å². The number of nitrogens with zero attached hydrogens (tertiary/aromatic N) is 3. The number of sulfonamides is 1. The molecule has 0 spiro atoms. The Bertz CT molecular complexity index is 489. The molecule has 0 saturated carbocycles. The summed E-state index contributed by atoms with van der Waals surface area (Å²) in [5.41, 5.74) is 0. The summed E-state index contributed by atoms with van der Waals surface area (Å²) in [6.07, 6.45) is 3.01. The van der Waals surface area contributed by atoms with Crippen molar-refractivity contribution in [3.63, 3.8) is 0 Å². The number of aliphatic hydroxyl groups excluding tert-OH is 1. The first-order valence-corrected chi connectivity index (χ1v) is 7.03. The predicted molar refractivity (Wildman–Crippen MR) is 61.9 cm³/mol. The summed E-state index contributed by atoms with van der Waals surface area (Å²) < 4.78 is 27.6. The molecule has 1 atom stereocenters. The van der Waals surface area contributed by atoms with Crippen molar-refractivity contribution in [2.24, 2.45) is 7.05 Å². The van der Waals surface area contributed by atoms with Gasteiger partial charge in [-0.2, -0.15) is 4.31 Å². The van der Waals surface area contributed by atoms with Crippen LogP contribution in [0.5, 0.6) is 0 Å². The maximum absolute atomic E-state index is 12.3. The lowest BCUT2D eigenvalue weighted by Crippen LogP contribution is -2.37. The van der Waals surface area contributed by atoms with E-state index in [4.69, 9.17) is 0 Å². The fourth-order valence-electron chi connectivity index (χ4n) is 2.08. The van der Waals surface area contributed by atoms with Gasteiger partial charge in [0.05, 0.1) is 6.61 Å². The van der Waals surface area contributed by atoms with Gasteiger partial charge in [0.15, 0.2) is 5.03 Å². The molecular weight excluding hydrogens is 242 g/mol. The van der Waals surface area contributed by atoms with Gasteiger partial charge in [-0.25, -0.2) is 13.4 Å². The third-order valence-corrected chi connectivity index (χ3v) is 5.02.